The zero-order chi connectivity index (χ0) is 10.5. The van der Waals surface area contributed by atoms with Crippen molar-refractivity contribution in [3.8, 4) is 0 Å². The van der Waals surface area contributed by atoms with E-state index in [-0.39, 0.29) is 0 Å². The molecule has 1 aromatic heterocycles. The van der Waals surface area contributed by atoms with E-state index in [0.29, 0.717) is 0 Å². The lowest BCUT2D eigenvalue weighted by Gasteiger charge is -2.22. The molecular weight excluding hydrogens is 188 g/mol. The van der Waals surface area contributed by atoms with Crippen LogP contribution in [0.15, 0.2) is 18.3 Å². The maximum atomic E-state index is 5.68. The fourth-order valence-electron chi connectivity index (χ4n) is 1.88. The second-order valence-electron chi connectivity index (χ2n) is 4.05. The molecule has 0 aromatic carbocycles. The summed E-state index contributed by atoms with van der Waals surface area (Å²) in [6, 6.07) is 3.68. The third kappa shape index (κ3) is 3.09. The van der Waals surface area contributed by atoms with Gasteiger partial charge in [-0.15, -0.1) is 0 Å². The summed E-state index contributed by atoms with van der Waals surface area (Å²) < 4.78 is 0. The van der Waals surface area contributed by atoms with Gasteiger partial charge in [-0.1, -0.05) is 0 Å². The lowest BCUT2D eigenvalue weighted by atomic mass is 9.98. The highest BCUT2D eigenvalue weighted by Gasteiger charge is 2.12. The number of hydrogen-bond donors (Lipinski definition) is 3. The summed E-state index contributed by atoms with van der Waals surface area (Å²) in [5, 5.41) is 6.69. The van der Waals surface area contributed by atoms with Crippen LogP contribution in [0.2, 0.25) is 0 Å². The number of rotatable bonds is 3. The molecule has 0 radical (unpaired) electrons. The first-order chi connectivity index (χ1) is 7.34. The Hall–Kier alpha value is -1.29. The first-order valence-corrected chi connectivity index (χ1v) is 5.51. The highest BCUT2D eigenvalue weighted by Crippen LogP contribution is 2.13. The Kier molecular flexibility index (Phi) is 3.40. The highest BCUT2D eigenvalue weighted by atomic mass is 15.0. The van der Waals surface area contributed by atoms with E-state index in [4.69, 9.17) is 5.73 Å². The molecule has 4 N–H and O–H groups in total. The van der Waals surface area contributed by atoms with E-state index >= 15 is 0 Å². The monoisotopic (exact) mass is 206 g/mol. The molecule has 0 spiro atoms. The average Bonchev–Trinajstić information content (AvgIpc) is 2.28. The minimum Gasteiger partial charge on any atom is -0.399 e. The molecule has 1 aliphatic heterocycles. The van der Waals surface area contributed by atoms with Crippen LogP contribution in [0.25, 0.3) is 0 Å². The minimum atomic E-state index is 0.759. The van der Waals surface area contributed by atoms with Crippen LogP contribution < -0.4 is 16.4 Å². The molecule has 1 fully saturated rings. The fraction of sp³-hybridized carbons (Fsp3) is 0.545. The van der Waals surface area contributed by atoms with Crippen molar-refractivity contribution in [3.63, 3.8) is 0 Å². The molecule has 15 heavy (non-hydrogen) atoms. The summed E-state index contributed by atoms with van der Waals surface area (Å²) in [5.74, 6) is 1.64. The molecule has 0 unspecified atom stereocenters. The van der Waals surface area contributed by atoms with E-state index in [0.717, 1.165) is 37.1 Å². The molecule has 1 saturated heterocycles. The topological polar surface area (TPSA) is 63.0 Å². The van der Waals surface area contributed by atoms with Crippen LogP contribution in [0.1, 0.15) is 12.8 Å². The van der Waals surface area contributed by atoms with E-state index in [1.165, 1.54) is 12.8 Å². The van der Waals surface area contributed by atoms with E-state index in [1.54, 1.807) is 12.3 Å². The van der Waals surface area contributed by atoms with Crippen molar-refractivity contribution in [3.05, 3.63) is 18.3 Å². The second kappa shape index (κ2) is 4.98. The molecule has 2 rings (SSSR count). The van der Waals surface area contributed by atoms with Crippen LogP contribution in [-0.4, -0.2) is 24.6 Å². The molecule has 0 saturated carbocycles. The molecule has 0 amide bonds. The Balaban J connectivity index is 1.81. The third-order valence-corrected chi connectivity index (χ3v) is 2.81. The lowest BCUT2D eigenvalue weighted by molar-refractivity contribution is 0.389. The summed E-state index contributed by atoms with van der Waals surface area (Å²) in [5.41, 5.74) is 6.44. The number of hydrogen-bond acceptors (Lipinski definition) is 4. The maximum Gasteiger partial charge on any atom is 0.127 e. The summed E-state index contributed by atoms with van der Waals surface area (Å²) >= 11 is 0. The quantitative estimate of drug-likeness (QED) is 0.692. The van der Waals surface area contributed by atoms with Crippen LogP contribution >= 0.6 is 0 Å². The molecule has 0 atom stereocenters. The number of nitrogens with zero attached hydrogens (tertiary/aromatic N) is 1. The van der Waals surface area contributed by atoms with Gasteiger partial charge in [-0.05, 0) is 37.9 Å². The lowest BCUT2D eigenvalue weighted by Crippen LogP contribution is -2.31. The van der Waals surface area contributed by atoms with E-state index in [9.17, 15) is 0 Å². The first kappa shape index (κ1) is 10.2. The number of nitrogen functional groups attached to an aromatic ring is 1. The molecular formula is C11H18N4. The summed E-state index contributed by atoms with van der Waals surface area (Å²) in [6.07, 6.45) is 4.23. The van der Waals surface area contributed by atoms with Gasteiger partial charge in [0.15, 0.2) is 0 Å². The van der Waals surface area contributed by atoms with Crippen LogP contribution in [0.4, 0.5) is 11.5 Å². The van der Waals surface area contributed by atoms with Gasteiger partial charge in [0.05, 0.1) is 0 Å². The molecule has 82 valence electrons. The summed E-state index contributed by atoms with van der Waals surface area (Å²) in [4.78, 5) is 4.22. The first-order valence-electron chi connectivity index (χ1n) is 5.51. The van der Waals surface area contributed by atoms with Gasteiger partial charge >= 0.3 is 0 Å². The average molecular weight is 206 g/mol. The molecule has 4 heteroatoms. The van der Waals surface area contributed by atoms with Crippen molar-refractivity contribution < 1.29 is 0 Å². The molecule has 1 aromatic rings. The van der Waals surface area contributed by atoms with E-state index < -0.39 is 0 Å². The minimum absolute atomic E-state index is 0.759. The van der Waals surface area contributed by atoms with Gasteiger partial charge in [-0.25, -0.2) is 4.98 Å². The van der Waals surface area contributed by atoms with Crippen LogP contribution in [0, 0.1) is 5.92 Å². The van der Waals surface area contributed by atoms with Crippen LogP contribution in [0.5, 0.6) is 0 Å². The van der Waals surface area contributed by atoms with E-state index in [2.05, 4.69) is 15.6 Å². The van der Waals surface area contributed by atoms with Gasteiger partial charge in [-0.3, -0.25) is 0 Å². The third-order valence-electron chi connectivity index (χ3n) is 2.81. The van der Waals surface area contributed by atoms with Crippen molar-refractivity contribution in [2.75, 3.05) is 30.7 Å². The SMILES string of the molecule is Nc1ccnc(NCC2CCNCC2)c1. The van der Waals surface area contributed by atoms with Crippen molar-refractivity contribution in [1.82, 2.24) is 10.3 Å². The Morgan fingerprint density at radius 2 is 2.27 bits per heavy atom. The van der Waals surface area contributed by atoms with Crippen molar-refractivity contribution in [1.29, 1.82) is 0 Å². The van der Waals surface area contributed by atoms with Gasteiger partial charge in [0, 0.05) is 24.5 Å². The Bertz CT molecular complexity index is 307. The van der Waals surface area contributed by atoms with Crippen molar-refractivity contribution in [2.45, 2.75) is 12.8 Å². The molecule has 1 aliphatic rings. The van der Waals surface area contributed by atoms with Gasteiger partial charge in [-0.2, -0.15) is 0 Å². The number of pyridine rings is 1. The Labute approximate surface area is 90.3 Å². The Morgan fingerprint density at radius 1 is 1.47 bits per heavy atom. The van der Waals surface area contributed by atoms with Gasteiger partial charge in [0.1, 0.15) is 5.82 Å². The molecule has 0 bridgehead atoms. The van der Waals surface area contributed by atoms with Gasteiger partial charge in [0.2, 0.25) is 0 Å². The number of piperidine rings is 1. The molecule has 4 nitrogen and oxygen atoms in total. The number of nitrogens with one attached hydrogen (secondary N) is 2. The normalized spacial score (nSPS) is 17.6. The van der Waals surface area contributed by atoms with Crippen molar-refractivity contribution in [2.24, 2.45) is 5.92 Å². The Morgan fingerprint density at radius 3 is 3.00 bits per heavy atom. The summed E-state index contributed by atoms with van der Waals surface area (Å²) in [6.45, 7) is 3.27. The van der Waals surface area contributed by atoms with E-state index in [1.807, 2.05) is 6.07 Å². The largest absolute Gasteiger partial charge is 0.399 e. The molecule has 0 aliphatic carbocycles. The predicted octanol–water partition coefficient (Wildman–Crippen LogP) is 1.08. The van der Waals surface area contributed by atoms with Gasteiger partial charge < -0.3 is 16.4 Å². The van der Waals surface area contributed by atoms with Crippen LogP contribution in [0.3, 0.4) is 0 Å². The maximum absolute atomic E-state index is 5.68. The fourth-order valence-corrected chi connectivity index (χ4v) is 1.88. The number of nitrogens with two attached hydrogens (primary N) is 1. The van der Waals surface area contributed by atoms with Gasteiger partial charge in [0.25, 0.3) is 0 Å². The zero-order valence-electron chi connectivity index (χ0n) is 8.87. The standard InChI is InChI=1S/C11H18N4/c12-10-3-6-14-11(7-10)15-8-9-1-4-13-5-2-9/h3,6-7,9,13H,1-2,4-5,8H2,(H3,12,14,15). The van der Waals surface area contributed by atoms with Crippen molar-refractivity contribution >= 4 is 11.5 Å². The predicted molar refractivity (Wildman–Crippen MR) is 62.7 cm³/mol. The number of anilines is 2. The van der Waals surface area contributed by atoms with Crippen LogP contribution in [-0.2, 0) is 0 Å². The second-order valence-corrected chi connectivity index (χ2v) is 4.05. The zero-order valence-corrected chi connectivity index (χ0v) is 8.87. The molecule has 2 heterocycles. The smallest absolute Gasteiger partial charge is 0.127 e. The number of aromatic nitrogens is 1. The highest BCUT2D eigenvalue weighted by molar-refractivity contribution is 5.48. The summed E-state index contributed by atoms with van der Waals surface area (Å²) in [7, 11) is 0.